The first-order valence-corrected chi connectivity index (χ1v) is 10.6. The third kappa shape index (κ3) is 4.37. The van der Waals surface area contributed by atoms with Gasteiger partial charge < -0.3 is 4.74 Å². The first kappa shape index (κ1) is 20.0. The summed E-state index contributed by atoms with van der Waals surface area (Å²) in [6.07, 6.45) is 0. The first-order valence-electron chi connectivity index (χ1n) is 9.15. The van der Waals surface area contributed by atoms with Crippen LogP contribution in [0.1, 0.15) is 27.8 Å². The second kappa shape index (κ2) is 8.07. The molecular formula is C23H25NO3S. The lowest BCUT2D eigenvalue weighted by Crippen LogP contribution is -2.17. The molecule has 0 saturated heterocycles. The molecule has 0 bridgehead atoms. The summed E-state index contributed by atoms with van der Waals surface area (Å²) >= 11 is 0. The normalized spacial score (nSPS) is 11.3. The Labute approximate surface area is 167 Å². The molecule has 5 heteroatoms. The van der Waals surface area contributed by atoms with Gasteiger partial charge in [0.05, 0.1) is 10.6 Å². The highest BCUT2D eigenvalue weighted by Gasteiger charge is 2.22. The van der Waals surface area contributed by atoms with Crippen molar-refractivity contribution in [2.24, 2.45) is 0 Å². The Hall–Kier alpha value is -2.79. The van der Waals surface area contributed by atoms with Gasteiger partial charge in [0, 0.05) is 6.07 Å². The maximum absolute atomic E-state index is 13.1. The van der Waals surface area contributed by atoms with Gasteiger partial charge in [0.2, 0.25) is 0 Å². The highest BCUT2D eigenvalue weighted by Crippen LogP contribution is 2.28. The van der Waals surface area contributed by atoms with Crippen molar-refractivity contribution in [1.82, 2.24) is 0 Å². The molecule has 0 unspecified atom stereocenters. The molecule has 0 aliphatic heterocycles. The van der Waals surface area contributed by atoms with Crippen LogP contribution in [0.3, 0.4) is 0 Å². The molecule has 146 valence electrons. The summed E-state index contributed by atoms with van der Waals surface area (Å²) < 4.78 is 34.7. The maximum atomic E-state index is 13.1. The Bertz CT molecular complexity index is 1060. The van der Waals surface area contributed by atoms with Crippen molar-refractivity contribution in [1.29, 1.82) is 0 Å². The molecule has 0 saturated carbocycles. The van der Waals surface area contributed by atoms with Gasteiger partial charge in [0.1, 0.15) is 12.4 Å². The monoisotopic (exact) mass is 395 g/mol. The highest BCUT2D eigenvalue weighted by atomic mass is 32.2. The van der Waals surface area contributed by atoms with Crippen molar-refractivity contribution in [3.63, 3.8) is 0 Å². The SMILES string of the molecule is Cc1cc(C)c(C)c(S(=O)(=O)Nc2cccc(OCc3ccccc3)c2)c1C. The van der Waals surface area contributed by atoms with Crippen LogP contribution in [-0.2, 0) is 16.6 Å². The van der Waals surface area contributed by atoms with Crippen LogP contribution in [0, 0.1) is 27.7 Å². The van der Waals surface area contributed by atoms with E-state index in [1.165, 1.54) is 0 Å². The van der Waals surface area contributed by atoms with Crippen molar-refractivity contribution < 1.29 is 13.2 Å². The number of anilines is 1. The maximum Gasteiger partial charge on any atom is 0.262 e. The molecule has 0 radical (unpaired) electrons. The summed E-state index contributed by atoms with van der Waals surface area (Å²) in [6, 6.07) is 18.9. The van der Waals surface area contributed by atoms with Crippen LogP contribution in [0.5, 0.6) is 5.75 Å². The molecule has 3 aromatic carbocycles. The Balaban J connectivity index is 1.84. The lowest BCUT2D eigenvalue weighted by atomic mass is 10.0. The summed E-state index contributed by atoms with van der Waals surface area (Å²) in [5.74, 6) is 0.609. The highest BCUT2D eigenvalue weighted by molar-refractivity contribution is 7.92. The van der Waals surface area contributed by atoms with E-state index in [-0.39, 0.29) is 0 Å². The second-order valence-corrected chi connectivity index (χ2v) is 8.62. The smallest absolute Gasteiger partial charge is 0.262 e. The van der Waals surface area contributed by atoms with Crippen LogP contribution in [0.4, 0.5) is 5.69 Å². The van der Waals surface area contributed by atoms with Gasteiger partial charge in [-0.15, -0.1) is 0 Å². The van der Waals surface area contributed by atoms with Crippen LogP contribution in [0.2, 0.25) is 0 Å². The summed E-state index contributed by atoms with van der Waals surface area (Å²) in [7, 11) is -3.71. The van der Waals surface area contributed by atoms with Gasteiger partial charge >= 0.3 is 0 Å². The van der Waals surface area contributed by atoms with Crippen LogP contribution < -0.4 is 9.46 Å². The molecule has 0 heterocycles. The van der Waals surface area contributed by atoms with Crippen molar-refractivity contribution in [3.05, 3.63) is 88.5 Å². The second-order valence-electron chi connectivity index (χ2n) is 7.00. The zero-order chi connectivity index (χ0) is 20.3. The third-order valence-corrected chi connectivity index (χ3v) is 6.55. The number of aryl methyl sites for hydroxylation is 2. The molecule has 0 spiro atoms. The predicted octanol–water partition coefficient (Wildman–Crippen LogP) is 5.30. The van der Waals surface area contributed by atoms with E-state index in [1.807, 2.05) is 70.2 Å². The number of rotatable bonds is 6. The van der Waals surface area contributed by atoms with Crippen molar-refractivity contribution in [2.45, 2.75) is 39.2 Å². The number of benzene rings is 3. The van der Waals surface area contributed by atoms with Gasteiger partial charge in [-0.2, -0.15) is 0 Å². The summed E-state index contributed by atoms with van der Waals surface area (Å²) in [5.41, 5.74) is 4.99. The topological polar surface area (TPSA) is 55.4 Å². The standard InChI is InChI=1S/C23H25NO3S/c1-16-13-17(2)19(4)23(18(16)3)28(25,26)24-21-11-8-12-22(14-21)27-15-20-9-6-5-7-10-20/h5-14,24H,15H2,1-4H3. The molecular weight excluding hydrogens is 370 g/mol. The number of ether oxygens (including phenoxy) is 1. The Morgan fingerprint density at radius 2 is 1.46 bits per heavy atom. The fourth-order valence-corrected chi connectivity index (χ4v) is 4.85. The summed E-state index contributed by atoms with van der Waals surface area (Å²) in [4.78, 5) is 0.348. The molecule has 0 fully saturated rings. The van der Waals surface area contributed by atoms with E-state index in [9.17, 15) is 8.42 Å². The average Bonchev–Trinajstić information content (AvgIpc) is 2.65. The van der Waals surface area contributed by atoms with Gasteiger partial charge in [-0.1, -0.05) is 42.5 Å². The molecule has 0 aromatic heterocycles. The molecule has 0 amide bonds. The largest absolute Gasteiger partial charge is 0.489 e. The fourth-order valence-electron chi connectivity index (χ4n) is 3.18. The van der Waals surface area contributed by atoms with E-state index < -0.39 is 10.0 Å². The molecule has 3 aromatic rings. The lowest BCUT2D eigenvalue weighted by molar-refractivity contribution is 0.306. The van der Waals surface area contributed by atoms with Gasteiger partial charge in [-0.3, -0.25) is 4.72 Å². The molecule has 4 nitrogen and oxygen atoms in total. The van der Waals surface area contributed by atoms with Gasteiger partial charge in [-0.25, -0.2) is 8.42 Å². The number of hydrogen-bond donors (Lipinski definition) is 1. The molecule has 0 atom stereocenters. The number of hydrogen-bond acceptors (Lipinski definition) is 3. The van der Waals surface area contributed by atoms with Crippen LogP contribution in [-0.4, -0.2) is 8.42 Å². The zero-order valence-electron chi connectivity index (χ0n) is 16.6. The Morgan fingerprint density at radius 1 is 0.821 bits per heavy atom. The van der Waals surface area contributed by atoms with Crippen molar-refractivity contribution in [2.75, 3.05) is 4.72 Å². The minimum Gasteiger partial charge on any atom is -0.489 e. The molecule has 3 rings (SSSR count). The third-order valence-electron chi connectivity index (χ3n) is 4.90. The summed E-state index contributed by atoms with van der Waals surface area (Å²) in [5, 5.41) is 0. The van der Waals surface area contributed by atoms with Gasteiger partial charge in [-0.05, 0) is 67.6 Å². The fraction of sp³-hybridized carbons (Fsp3) is 0.217. The Morgan fingerprint density at radius 3 is 2.11 bits per heavy atom. The number of sulfonamides is 1. The van der Waals surface area contributed by atoms with E-state index in [0.717, 1.165) is 27.8 Å². The average molecular weight is 396 g/mol. The number of nitrogens with one attached hydrogen (secondary N) is 1. The van der Waals surface area contributed by atoms with Crippen LogP contribution in [0.25, 0.3) is 0 Å². The quantitative estimate of drug-likeness (QED) is 0.616. The van der Waals surface area contributed by atoms with Crippen LogP contribution in [0.15, 0.2) is 65.6 Å². The van der Waals surface area contributed by atoms with E-state index in [1.54, 1.807) is 18.2 Å². The van der Waals surface area contributed by atoms with Crippen LogP contribution >= 0.6 is 0 Å². The van der Waals surface area contributed by atoms with Crippen molar-refractivity contribution >= 4 is 15.7 Å². The molecule has 0 aliphatic carbocycles. The minimum atomic E-state index is -3.71. The lowest BCUT2D eigenvalue weighted by Gasteiger charge is -2.17. The zero-order valence-corrected chi connectivity index (χ0v) is 17.4. The molecule has 0 aliphatic rings. The predicted molar refractivity (Wildman–Crippen MR) is 113 cm³/mol. The molecule has 28 heavy (non-hydrogen) atoms. The molecule has 1 N–H and O–H groups in total. The van der Waals surface area contributed by atoms with E-state index in [2.05, 4.69) is 4.72 Å². The van der Waals surface area contributed by atoms with E-state index in [4.69, 9.17) is 4.74 Å². The van der Waals surface area contributed by atoms with E-state index >= 15 is 0 Å². The summed E-state index contributed by atoms with van der Waals surface area (Å²) in [6.45, 7) is 7.97. The van der Waals surface area contributed by atoms with Crippen molar-refractivity contribution in [3.8, 4) is 5.75 Å². The van der Waals surface area contributed by atoms with E-state index in [0.29, 0.717) is 22.9 Å². The minimum absolute atomic E-state index is 0.348. The van der Waals surface area contributed by atoms with Gasteiger partial charge in [0.25, 0.3) is 10.0 Å². The van der Waals surface area contributed by atoms with Gasteiger partial charge in [0.15, 0.2) is 0 Å². The Kier molecular flexibility index (Phi) is 5.75. The first-order chi connectivity index (χ1) is 13.3.